The van der Waals surface area contributed by atoms with Crippen molar-refractivity contribution >= 4 is 11.0 Å². The number of hydrogen-bond acceptors (Lipinski definition) is 3. The summed E-state index contributed by atoms with van der Waals surface area (Å²) in [6.45, 7) is 0. The van der Waals surface area contributed by atoms with Gasteiger partial charge in [0.1, 0.15) is 17.2 Å². The number of pyridine rings is 2. The summed E-state index contributed by atoms with van der Waals surface area (Å²) >= 11 is 0. The van der Waals surface area contributed by atoms with E-state index in [1.54, 1.807) is 16.8 Å². The van der Waals surface area contributed by atoms with E-state index in [2.05, 4.69) is 11.1 Å². The van der Waals surface area contributed by atoms with Gasteiger partial charge in [0.15, 0.2) is 0 Å². The molecular weight excluding hydrogens is 355 g/mol. The van der Waals surface area contributed by atoms with Gasteiger partial charge in [-0.3, -0.25) is 14.3 Å². The lowest BCUT2D eigenvalue weighted by Gasteiger charge is -2.07. The van der Waals surface area contributed by atoms with Crippen LogP contribution < -0.4 is 5.56 Å². The molecule has 1 aliphatic rings. The van der Waals surface area contributed by atoms with E-state index in [0.29, 0.717) is 11.3 Å². The molecule has 4 aromatic rings. The maximum Gasteiger partial charge on any atom is 0.255 e. The number of rotatable bonds is 2. The summed E-state index contributed by atoms with van der Waals surface area (Å²) in [6.07, 6.45) is 8.52. The fourth-order valence-corrected chi connectivity index (χ4v) is 3.98. The highest BCUT2D eigenvalue weighted by Crippen LogP contribution is 2.32. The molecule has 3 heterocycles. The lowest BCUT2D eigenvalue weighted by atomic mass is 10.1. The summed E-state index contributed by atoms with van der Waals surface area (Å²) < 4.78 is 20.8. The highest BCUT2D eigenvalue weighted by molar-refractivity contribution is 5.84. The molecule has 0 amide bonds. The Morgan fingerprint density at radius 1 is 1.00 bits per heavy atom. The minimum atomic E-state index is -0.401. The highest BCUT2D eigenvalue weighted by atomic mass is 19.1. The largest absolute Gasteiger partial charge is 0.461 e. The molecule has 0 radical (unpaired) electrons. The molecule has 0 N–H and O–H groups in total. The molecule has 0 unspecified atom stereocenters. The van der Waals surface area contributed by atoms with E-state index in [-0.39, 0.29) is 5.56 Å². The Morgan fingerprint density at radius 2 is 1.89 bits per heavy atom. The van der Waals surface area contributed by atoms with Crippen LogP contribution >= 0.6 is 0 Å². The first-order valence-electron chi connectivity index (χ1n) is 9.58. The van der Waals surface area contributed by atoms with Gasteiger partial charge in [-0.1, -0.05) is 6.42 Å². The van der Waals surface area contributed by atoms with Crippen LogP contribution in [-0.2, 0) is 12.8 Å². The second-order valence-corrected chi connectivity index (χ2v) is 7.23. The van der Waals surface area contributed by atoms with Crippen LogP contribution in [0, 0.1) is 5.82 Å². The van der Waals surface area contributed by atoms with Crippen LogP contribution in [0.3, 0.4) is 0 Å². The monoisotopic (exact) mass is 374 g/mol. The lowest BCUT2D eigenvalue weighted by Crippen LogP contribution is -2.16. The summed E-state index contributed by atoms with van der Waals surface area (Å²) in [4.78, 5) is 16.7. The zero-order chi connectivity index (χ0) is 19.1. The van der Waals surface area contributed by atoms with Crippen LogP contribution in [0.2, 0.25) is 0 Å². The molecule has 0 aliphatic heterocycles. The van der Waals surface area contributed by atoms with Crippen LogP contribution in [0.25, 0.3) is 27.9 Å². The minimum absolute atomic E-state index is 0.170. The first-order valence-corrected chi connectivity index (χ1v) is 9.58. The molecule has 0 fully saturated rings. The van der Waals surface area contributed by atoms with Gasteiger partial charge in [0, 0.05) is 41.3 Å². The Labute approximate surface area is 161 Å². The Balaban J connectivity index is 1.54. The fraction of sp³-hybridized carbons (Fsp3) is 0.217. The van der Waals surface area contributed by atoms with Crippen LogP contribution in [0.4, 0.5) is 4.39 Å². The quantitative estimate of drug-likeness (QED) is 0.461. The van der Waals surface area contributed by atoms with E-state index in [1.165, 1.54) is 30.5 Å². The number of furan rings is 1. The van der Waals surface area contributed by atoms with Crippen molar-refractivity contribution in [2.24, 2.45) is 0 Å². The number of hydrogen-bond donors (Lipinski definition) is 0. The average Bonchev–Trinajstić information content (AvgIpc) is 2.88. The molecule has 1 aliphatic carbocycles. The molecule has 5 heteroatoms. The molecule has 0 bridgehead atoms. The van der Waals surface area contributed by atoms with E-state index < -0.39 is 5.82 Å². The van der Waals surface area contributed by atoms with Crippen molar-refractivity contribution in [3.05, 3.63) is 82.4 Å². The number of halogens is 1. The molecule has 5 rings (SSSR count). The zero-order valence-electron chi connectivity index (χ0n) is 15.3. The maximum atomic E-state index is 13.1. The minimum Gasteiger partial charge on any atom is -0.461 e. The molecular formula is C23H19FN2O2. The second-order valence-electron chi connectivity index (χ2n) is 7.23. The van der Waals surface area contributed by atoms with Gasteiger partial charge in [0.2, 0.25) is 0 Å². The molecule has 4 nitrogen and oxygen atoms in total. The van der Waals surface area contributed by atoms with E-state index >= 15 is 0 Å². The maximum absolute atomic E-state index is 13.1. The van der Waals surface area contributed by atoms with Gasteiger partial charge in [0.05, 0.1) is 17.6 Å². The SMILES string of the molecule is O=c1cc(-c2ccc(F)cn2)ccn1-c1ccc2c3c(oc2c1)CCCCC3. The third-order valence-electron chi connectivity index (χ3n) is 5.41. The van der Waals surface area contributed by atoms with Gasteiger partial charge in [-0.15, -0.1) is 0 Å². The number of nitrogens with zero attached hydrogens (tertiary/aromatic N) is 2. The molecule has 0 saturated heterocycles. The standard InChI is InChI=1S/C23H19FN2O2/c24-16-6-9-20(25-14-16)15-10-11-26(23(27)12-15)17-7-8-19-18-4-2-1-3-5-21(18)28-22(19)13-17/h6-14H,1-5H2. The number of fused-ring (bicyclic) bond motifs is 3. The smallest absolute Gasteiger partial charge is 0.255 e. The van der Waals surface area contributed by atoms with Gasteiger partial charge in [-0.2, -0.15) is 0 Å². The number of aromatic nitrogens is 2. The summed E-state index contributed by atoms with van der Waals surface area (Å²) in [7, 11) is 0. The van der Waals surface area contributed by atoms with Crippen molar-refractivity contribution in [1.82, 2.24) is 9.55 Å². The number of benzene rings is 1. The van der Waals surface area contributed by atoms with Crippen LogP contribution in [0.1, 0.15) is 30.6 Å². The lowest BCUT2D eigenvalue weighted by molar-refractivity contribution is 0.538. The van der Waals surface area contributed by atoms with Crippen molar-refractivity contribution in [1.29, 1.82) is 0 Å². The van der Waals surface area contributed by atoms with Crippen molar-refractivity contribution in [3.63, 3.8) is 0 Å². The van der Waals surface area contributed by atoms with Gasteiger partial charge >= 0.3 is 0 Å². The molecule has 140 valence electrons. The topological polar surface area (TPSA) is 48.0 Å². The Bertz CT molecular complexity index is 1220. The summed E-state index contributed by atoms with van der Waals surface area (Å²) in [5.74, 6) is 0.692. The summed E-state index contributed by atoms with van der Waals surface area (Å²) in [5, 5.41) is 1.15. The van der Waals surface area contributed by atoms with E-state index in [0.717, 1.165) is 47.9 Å². The molecule has 28 heavy (non-hydrogen) atoms. The molecule has 3 aromatic heterocycles. The van der Waals surface area contributed by atoms with Crippen LogP contribution in [-0.4, -0.2) is 9.55 Å². The molecule has 0 spiro atoms. The van der Waals surface area contributed by atoms with E-state index in [9.17, 15) is 9.18 Å². The van der Waals surface area contributed by atoms with Crippen molar-refractivity contribution < 1.29 is 8.81 Å². The predicted molar refractivity (Wildman–Crippen MR) is 106 cm³/mol. The Hall–Kier alpha value is -3.21. The number of aryl methyl sites for hydroxylation is 2. The zero-order valence-corrected chi connectivity index (χ0v) is 15.3. The van der Waals surface area contributed by atoms with Crippen LogP contribution in [0.15, 0.2) is 64.1 Å². The average molecular weight is 374 g/mol. The summed E-state index contributed by atoms with van der Waals surface area (Å²) in [5.41, 5.74) is 3.98. The molecule has 1 aromatic carbocycles. The molecule has 0 atom stereocenters. The Kier molecular flexibility index (Phi) is 4.08. The van der Waals surface area contributed by atoms with E-state index in [4.69, 9.17) is 4.42 Å². The van der Waals surface area contributed by atoms with Crippen molar-refractivity contribution in [2.75, 3.05) is 0 Å². The van der Waals surface area contributed by atoms with Gasteiger partial charge < -0.3 is 4.42 Å². The summed E-state index contributed by atoms with van der Waals surface area (Å²) in [6, 6.07) is 12.2. The third kappa shape index (κ3) is 2.93. The predicted octanol–water partition coefficient (Wildman–Crippen LogP) is 5.05. The first-order chi connectivity index (χ1) is 13.7. The third-order valence-corrected chi connectivity index (χ3v) is 5.41. The van der Waals surface area contributed by atoms with Gasteiger partial charge in [-0.25, -0.2) is 4.39 Å². The van der Waals surface area contributed by atoms with Crippen molar-refractivity contribution in [3.8, 4) is 16.9 Å². The second kappa shape index (κ2) is 6.75. The van der Waals surface area contributed by atoms with Gasteiger partial charge in [-0.05, 0) is 49.6 Å². The van der Waals surface area contributed by atoms with Crippen molar-refractivity contribution in [2.45, 2.75) is 32.1 Å². The Morgan fingerprint density at radius 3 is 2.71 bits per heavy atom. The fourth-order valence-electron chi connectivity index (χ4n) is 3.98. The molecule has 0 saturated carbocycles. The highest BCUT2D eigenvalue weighted by Gasteiger charge is 2.17. The van der Waals surface area contributed by atoms with Crippen LogP contribution in [0.5, 0.6) is 0 Å². The van der Waals surface area contributed by atoms with Gasteiger partial charge in [0.25, 0.3) is 5.56 Å². The normalized spacial score (nSPS) is 14.0. The van der Waals surface area contributed by atoms with E-state index in [1.807, 2.05) is 18.2 Å². The first kappa shape index (κ1) is 16.9.